The number of aliphatic hydroxyl groups excluding tert-OH is 1. The smallest absolute Gasteiger partial charge is 0.332 e. The molecule has 0 radical (unpaired) electrons. The minimum Gasteiger partial charge on any atom is -0.479 e. The van der Waals surface area contributed by atoms with Crippen LogP contribution in [0.3, 0.4) is 0 Å². The van der Waals surface area contributed by atoms with Crippen LogP contribution in [-0.4, -0.2) is 65.1 Å². The average Bonchev–Trinajstić information content (AvgIpc) is 3.13. The molecule has 0 spiro atoms. The highest BCUT2D eigenvalue weighted by atomic mass is 16.5. The number of carboxylic acids is 1. The van der Waals surface area contributed by atoms with Crippen LogP contribution in [-0.2, 0) is 9.53 Å². The molecule has 21 heavy (non-hydrogen) atoms. The lowest BCUT2D eigenvalue weighted by atomic mass is 10.00. The summed E-state index contributed by atoms with van der Waals surface area (Å²) in [4.78, 5) is 24.7. The van der Waals surface area contributed by atoms with Gasteiger partial charge in [0, 0.05) is 25.6 Å². The van der Waals surface area contributed by atoms with E-state index < -0.39 is 12.1 Å². The Morgan fingerprint density at radius 1 is 1.19 bits per heavy atom. The number of amides is 2. The summed E-state index contributed by atoms with van der Waals surface area (Å²) in [5.74, 6) is -0.301. The van der Waals surface area contributed by atoms with Gasteiger partial charge in [0.05, 0.1) is 12.2 Å². The molecule has 0 aromatic carbocycles. The molecule has 2 amide bonds. The number of carboxylic acid groups (broad SMARTS) is 1. The first-order valence-electron chi connectivity index (χ1n) is 7.63. The molecule has 118 valence electrons. The maximum atomic E-state index is 12.1. The quantitative estimate of drug-likeness (QED) is 0.683. The van der Waals surface area contributed by atoms with Crippen LogP contribution in [0.15, 0.2) is 0 Å². The molecule has 3 N–H and O–H groups in total. The fourth-order valence-electron chi connectivity index (χ4n) is 3.75. The topological polar surface area (TPSA) is 99.1 Å². The third-order valence-corrected chi connectivity index (χ3v) is 4.97. The minimum absolute atomic E-state index is 0.140. The molecule has 1 aliphatic carbocycles. The number of aliphatic carboxylic acids is 1. The number of urea groups is 1. The molecule has 0 bridgehead atoms. The number of rotatable bonds is 3. The van der Waals surface area contributed by atoms with Gasteiger partial charge in [-0.25, -0.2) is 9.59 Å². The molecule has 2 heterocycles. The van der Waals surface area contributed by atoms with Crippen molar-refractivity contribution in [2.24, 2.45) is 11.8 Å². The lowest BCUT2D eigenvalue weighted by Gasteiger charge is -2.20. The van der Waals surface area contributed by atoms with Gasteiger partial charge < -0.3 is 25.2 Å². The number of carbonyl (C=O) groups excluding carboxylic acids is 1. The van der Waals surface area contributed by atoms with E-state index >= 15 is 0 Å². The Morgan fingerprint density at radius 3 is 2.67 bits per heavy atom. The van der Waals surface area contributed by atoms with Crippen molar-refractivity contribution >= 4 is 12.0 Å². The van der Waals surface area contributed by atoms with Crippen LogP contribution in [0, 0.1) is 11.8 Å². The number of nitrogens with zero attached hydrogens (tertiary/aromatic N) is 1. The first kappa shape index (κ1) is 14.6. The van der Waals surface area contributed by atoms with Crippen molar-refractivity contribution in [2.45, 2.75) is 44.0 Å². The summed E-state index contributed by atoms with van der Waals surface area (Å²) in [7, 11) is 0. The first-order chi connectivity index (χ1) is 10.0. The molecule has 2 saturated heterocycles. The van der Waals surface area contributed by atoms with Gasteiger partial charge in [0.15, 0.2) is 6.10 Å². The van der Waals surface area contributed by atoms with Crippen molar-refractivity contribution < 1.29 is 24.5 Å². The number of hydrogen-bond donors (Lipinski definition) is 3. The van der Waals surface area contributed by atoms with E-state index in [4.69, 9.17) is 9.84 Å². The van der Waals surface area contributed by atoms with Gasteiger partial charge in [-0.1, -0.05) is 0 Å². The Hall–Kier alpha value is -1.34. The third-order valence-electron chi connectivity index (χ3n) is 4.97. The zero-order valence-corrected chi connectivity index (χ0v) is 11.9. The molecule has 5 unspecified atom stereocenters. The lowest BCUT2D eigenvalue weighted by Crippen LogP contribution is -2.42. The summed E-state index contributed by atoms with van der Waals surface area (Å²) in [6, 6.07) is -0.140. The number of aliphatic hydroxyl groups is 1. The number of nitrogens with one attached hydrogen (secondary N) is 1. The maximum absolute atomic E-state index is 12.1. The van der Waals surface area contributed by atoms with Crippen molar-refractivity contribution in [3.8, 4) is 0 Å². The standard InChI is InChI=1S/C14H22N2O5/c17-11-3-1-8-6-16(7-10(8)11)14(20)15-5-9-2-4-12(21-9)13(18)19/h8-12,17H,1-7H2,(H,15,20)(H,18,19). The van der Waals surface area contributed by atoms with E-state index in [-0.39, 0.29) is 24.2 Å². The number of carbonyl (C=O) groups is 2. The van der Waals surface area contributed by atoms with E-state index in [2.05, 4.69) is 5.32 Å². The largest absolute Gasteiger partial charge is 0.479 e. The zero-order valence-electron chi connectivity index (χ0n) is 11.9. The maximum Gasteiger partial charge on any atom is 0.332 e. The molecule has 7 heteroatoms. The SMILES string of the molecule is O=C(O)C1CCC(CNC(=O)N2CC3CCC(O)C3C2)O1. The van der Waals surface area contributed by atoms with Gasteiger partial charge in [-0.15, -0.1) is 0 Å². The molecule has 7 nitrogen and oxygen atoms in total. The van der Waals surface area contributed by atoms with E-state index in [9.17, 15) is 14.7 Å². The Balaban J connectivity index is 1.42. The van der Waals surface area contributed by atoms with Crippen LogP contribution in [0.25, 0.3) is 0 Å². The van der Waals surface area contributed by atoms with Crippen LogP contribution < -0.4 is 5.32 Å². The summed E-state index contributed by atoms with van der Waals surface area (Å²) in [5, 5.41) is 21.5. The van der Waals surface area contributed by atoms with Crippen LogP contribution in [0.5, 0.6) is 0 Å². The van der Waals surface area contributed by atoms with Gasteiger partial charge in [-0.2, -0.15) is 0 Å². The normalized spacial score (nSPS) is 38.5. The molecule has 3 fully saturated rings. The predicted octanol–water partition coefficient (Wildman–Crippen LogP) is 0.0309. The van der Waals surface area contributed by atoms with Gasteiger partial charge >= 0.3 is 12.0 Å². The van der Waals surface area contributed by atoms with Crippen molar-refractivity contribution in [3.05, 3.63) is 0 Å². The Kier molecular flexibility index (Phi) is 4.03. The Morgan fingerprint density at radius 2 is 2.00 bits per heavy atom. The molecule has 3 rings (SSSR count). The van der Waals surface area contributed by atoms with Crippen molar-refractivity contribution in [1.29, 1.82) is 0 Å². The second kappa shape index (κ2) is 5.81. The van der Waals surface area contributed by atoms with Gasteiger partial charge in [0.2, 0.25) is 0 Å². The molecule has 0 aromatic rings. The van der Waals surface area contributed by atoms with Crippen LogP contribution in [0.1, 0.15) is 25.7 Å². The molecular formula is C14H22N2O5. The monoisotopic (exact) mass is 298 g/mol. The Labute approximate surface area is 123 Å². The van der Waals surface area contributed by atoms with Crippen molar-refractivity contribution in [1.82, 2.24) is 10.2 Å². The fraction of sp³-hybridized carbons (Fsp3) is 0.857. The molecule has 5 atom stereocenters. The highest BCUT2D eigenvalue weighted by Gasteiger charge is 2.43. The minimum atomic E-state index is -0.940. The van der Waals surface area contributed by atoms with Crippen LogP contribution >= 0.6 is 0 Å². The summed E-state index contributed by atoms with van der Waals surface area (Å²) in [6.07, 6.45) is 1.74. The van der Waals surface area contributed by atoms with E-state index in [1.54, 1.807) is 4.90 Å². The summed E-state index contributed by atoms with van der Waals surface area (Å²) >= 11 is 0. The average molecular weight is 298 g/mol. The van der Waals surface area contributed by atoms with Crippen LogP contribution in [0.2, 0.25) is 0 Å². The number of hydrogen-bond acceptors (Lipinski definition) is 4. The second-order valence-electron chi connectivity index (χ2n) is 6.32. The fourth-order valence-corrected chi connectivity index (χ4v) is 3.75. The van der Waals surface area contributed by atoms with E-state index in [1.807, 2.05) is 0 Å². The highest BCUT2D eigenvalue weighted by molar-refractivity contribution is 5.75. The molecular weight excluding hydrogens is 276 g/mol. The van der Waals surface area contributed by atoms with E-state index in [0.29, 0.717) is 38.4 Å². The number of fused-ring (bicyclic) bond motifs is 1. The van der Waals surface area contributed by atoms with Gasteiger partial charge in [0.25, 0.3) is 0 Å². The van der Waals surface area contributed by atoms with Crippen molar-refractivity contribution in [2.75, 3.05) is 19.6 Å². The molecule has 1 saturated carbocycles. The predicted molar refractivity (Wildman–Crippen MR) is 72.7 cm³/mol. The first-order valence-corrected chi connectivity index (χ1v) is 7.63. The van der Waals surface area contributed by atoms with Crippen LogP contribution in [0.4, 0.5) is 4.79 Å². The number of likely N-dealkylation sites (tertiary alicyclic amines) is 1. The highest BCUT2D eigenvalue weighted by Crippen LogP contribution is 2.37. The van der Waals surface area contributed by atoms with E-state index in [1.165, 1.54) is 0 Å². The van der Waals surface area contributed by atoms with Gasteiger partial charge in [-0.3, -0.25) is 0 Å². The van der Waals surface area contributed by atoms with Gasteiger partial charge in [-0.05, 0) is 31.6 Å². The molecule has 0 aromatic heterocycles. The molecule has 2 aliphatic heterocycles. The van der Waals surface area contributed by atoms with Gasteiger partial charge in [0.1, 0.15) is 0 Å². The van der Waals surface area contributed by atoms with E-state index in [0.717, 1.165) is 12.8 Å². The third kappa shape index (κ3) is 2.98. The zero-order chi connectivity index (χ0) is 15.0. The molecule has 3 aliphatic rings. The summed E-state index contributed by atoms with van der Waals surface area (Å²) in [5.41, 5.74) is 0. The summed E-state index contributed by atoms with van der Waals surface area (Å²) < 4.78 is 5.35. The summed E-state index contributed by atoms with van der Waals surface area (Å²) in [6.45, 7) is 1.66. The number of ether oxygens (including phenoxy) is 1. The second-order valence-corrected chi connectivity index (χ2v) is 6.32. The van der Waals surface area contributed by atoms with Crippen molar-refractivity contribution in [3.63, 3.8) is 0 Å². The Bertz CT molecular complexity index is 430. The lowest BCUT2D eigenvalue weighted by molar-refractivity contribution is -0.149.